The molecule has 0 aliphatic carbocycles. The largest absolute Gasteiger partial charge is 0.493 e. The van der Waals surface area contributed by atoms with E-state index in [-0.39, 0.29) is 5.57 Å². The van der Waals surface area contributed by atoms with Gasteiger partial charge in [0.15, 0.2) is 11.3 Å². The lowest BCUT2D eigenvalue weighted by Gasteiger charge is -2.03. The van der Waals surface area contributed by atoms with Crippen LogP contribution < -0.4 is 5.32 Å². The lowest BCUT2D eigenvalue weighted by Crippen LogP contribution is -2.15. The van der Waals surface area contributed by atoms with Crippen LogP contribution in [0.15, 0.2) is 47.4 Å². The molecular formula is C13H10N2O2. The number of nitrogens with zero attached hydrogens (tertiary/aromatic N) is 1. The highest BCUT2D eigenvalue weighted by atomic mass is 16.5. The minimum atomic E-state index is -0.425. The zero-order chi connectivity index (χ0) is 12.3. The Morgan fingerprint density at radius 2 is 2.06 bits per heavy atom. The van der Waals surface area contributed by atoms with Crippen molar-refractivity contribution in [2.45, 2.75) is 0 Å². The number of amides is 1. The number of nitriles is 1. The van der Waals surface area contributed by atoms with Crippen LogP contribution in [-0.4, -0.2) is 13.0 Å². The first kappa shape index (κ1) is 11.0. The topological polar surface area (TPSA) is 62.1 Å². The molecule has 1 aromatic rings. The van der Waals surface area contributed by atoms with E-state index in [4.69, 9.17) is 10.00 Å². The van der Waals surface area contributed by atoms with Crippen LogP contribution in [0.5, 0.6) is 0 Å². The average molecular weight is 226 g/mol. The van der Waals surface area contributed by atoms with E-state index in [2.05, 4.69) is 5.32 Å². The van der Waals surface area contributed by atoms with Gasteiger partial charge in [-0.05, 0) is 11.6 Å². The summed E-state index contributed by atoms with van der Waals surface area (Å²) in [5, 5.41) is 11.5. The Morgan fingerprint density at radius 1 is 1.35 bits per heavy atom. The summed E-state index contributed by atoms with van der Waals surface area (Å²) in [6.45, 7) is 0. The number of ether oxygens (including phenoxy) is 1. The van der Waals surface area contributed by atoms with E-state index in [0.717, 1.165) is 5.56 Å². The van der Waals surface area contributed by atoms with E-state index in [9.17, 15) is 4.79 Å². The number of carbonyl (C=O) groups is 1. The molecule has 1 N–H and O–H groups in total. The van der Waals surface area contributed by atoms with Gasteiger partial charge in [-0.3, -0.25) is 4.79 Å². The molecule has 1 aliphatic heterocycles. The third-order valence-corrected chi connectivity index (χ3v) is 2.37. The maximum atomic E-state index is 11.5. The molecule has 0 saturated carbocycles. The summed E-state index contributed by atoms with van der Waals surface area (Å²) in [4.78, 5) is 11.5. The molecule has 84 valence electrons. The lowest BCUT2D eigenvalue weighted by atomic mass is 10.2. The molecule has 17 heavy (non-hydrogen) atoms. The highest BCUT2D eigenvalue weighted by Gasteiger charge is 2.28. The predicted octanol–water partition coefficient (Wildman–Crippen LogP) is 1.58. The molecule has 0 radical (unpaired) electrons. The summed E-state index contributed by atoms with van der Waals surface area (Å²) in [6.07, 6.45) is 1.76. The number of methoxy groups -OCH3 is 1. The molecule has 4 nitrogen and oxygen atoms in total. The molecule has 1 aliphatic rings. The summed E-state index contributed by atoms with van der Waals surface area (Å²) in [7, 11) is 1.44. The van der Waals surface area contributed by atoms with Crippen molar-refractivity contribution in [2.24, 2.45) is 0 Å². The monoisotopic (exact) mass is 226 g/mol. The van der Waals surface area contributed by atoms with Crippen LogP contribution in [0, 0.1) is 11.3 Å². The zero-order valence-corrected chi connectivity index (χ0v) is 9.23. The minimum absolute atomic E-state index is 0.00896. The van der Waals surface area contributed by atoms with Crippen LogP contribution in [0.1, 0.15) is 5.56 Å². The fourth-order valence-electron chi connectivity index (χ4n) is 1.61. The van der Waals surface area contributed by atoms with Crippen molar-refractivity contribution in [3.05, 3.63) is 52.9 Å². The van der Waals surface area contributed by atoms with Gasteiger partial charge in [-0.25, -0.2) is 0 Å². The molecule has 0 unspecified atom stereocenters. The number of rotatable bonds is 2. The van der Waals surface area contributed by atoms with Gasteiger partial charge in [0, 0.05) is 0 Å². The second kappa shape index (κ2) is 4.54. The Hall–Kier alpha value is -2.54. The van der Waals surface area contributed by atoms with Crippen molar-refractivity contribution in [1.82, 2.24) is 5.32 Å². The normalized spacial score (nSPS) is 16.9. The SMILES string of the molecule is COC1=C(C#N)C(=O)N/C1=C/c1ccccc1. The number of hydrogen-bond donors (Lipinski definition) is 1. The van der Waals surface area contributed by atoms with Crippen molar-refractivity contribution in [3.63, 3.8) is 0 Å². The highest BCUT2D eigenvalue weighted by Crippen LogP contribution is 2.22. The molecule has 0 fully saturated rings. The maximum absolute atomic E-state index is 11.5. The summed E-state index contributed by atoms with van der Waals surface area (Å²) in [5.74, 6) is -0.132. The van der Waals surface area contributed by atoms with E-state index in [0.29, 0.717) is 11.5 Å². The molecule has 1 amide bonds. The Balaban J connectivity index is 2.43. The Morgan fingerprint density at radius 3 is 2.65 bits per heavy atom. The van der Waals surface area contributed by atoms with Crippen molar-refractivity contribution >= 4 is 12.0 Å². The molecule has 4 heteroatoms. The van der Waals surface area contributed by atoms with E-state index < -0.39 is 5.91 Å². The number of carbonyl (C=O) groups excluding carboxylic acids is 1. The molecule has 0 spiro atoms. The van der Waals surface area contributed by atoms with Crippen molar-refractivity contribution < 1.29 is 9.53 Å². The smallest absolute Gasteiger partial charge is 0.270 e. The second-order valence-corrected chi connectivity index (χ2v) is 3.44. The summed E-state index contributed by atoms with van der Waals surface area (Å²) < 4.78 is 5.08. The van der Waals surface area contributed by atoms with Crippen LogP contribution in [0.25, 0.3) is 6.08 Å². The Labute approximate surface area is 98.8 Å². The fourth-order valence-corrected chi connectivity index (χ4v) is 1.61. The Bertz CT molecular complexity index is 551. The molecule has 1 heterocycles. The van der Waals surface area contributed by atoms with Crippen LogP contribution in [0.4, 0.5) is 0 Å². The number of benzene rings is 1. The fraction of sp³-hybridized carbons (Fsp3) is 0.0769. The van der Waals surface area contributed by atoms with Gasteiger partial charge >= 0.3 is 0 Å². The van der Waals surface area contributed by atoms with Crippen molar-refractivity contribution in [3.8, 4) is 6.07 Å². The minimum Gasteiger partial charge on any atom is -0.493 e. The Kier molecular flexibility index (Phi) is 2.93. The van der Waals surface area contributed by atoms with Gasteiger partial charge in [0.2, 0.25) is 0 Å². The molecule has 0 atom stereocenters. The third-order valence-electron chi connectivity index (χ3n) is 2.37. The van der Waals surface area contributed by atoms with E-state index in [1.807, 2.05) is 36.4 Å². The zero-order valence-electron chi connectivity index (χ0n) is 9.23. The molecule has 0 aromatic heterocycles. The van der Waals surface area contributed by atoms with Crippen LogP contribution in [0.2, 0.25) is 0 Å². The van der Waals surface area contributed by atoms with E-state index in [1.165, 1.54) is 7.11 Å². The first-order valence-electron chi connectivity index (χ1n) is 5.03. The van der Waals surface area contributed by atoms with Gasteiger partial charge in [0.05, 0.1) is 12.8 Å². The van der Waals surface area contributed by atoms with E-state index in [1.54, 1.807) is 6.08 Å². The molecular weight excluding hydrogens is 216 g/mol. The summed E-state index contributed by atoms with van der Waals surface area (Å²) in [5.41, 5.74) is 1.45. The molecule has 0 saturated heterocycles. The number of nitrogens with one attached hydrogen (secondary N) is 1. The molecule has 2 rings (SSSR count). The summed E-state index contributed by atoms with van der Waals surface area (Å²) in [6, 6.07) is 11.3. The summed E-state index contributed by atoms with van der Waals surface area (Å²) >= 11 is 0. The lowest BCUT2D eigenvalue weighted by molar-refractivity contribution is -0.115. The second-order valence-electron chi connectivity index (χ2n) is 3.44. The standard InChI is InChI=1S/C13H10N2O2/c1-17-12-10(8-14)13(16)15-11(12)7-9-5-3-2-4-6-9/h2-7H,1H3,(H,15,16)/b11-7+. The quantitative estimate of drug-likeness (QED) is 0.832. The van der Waals surface area contributed by atoms with Gasteiger partial charge in [-0.1, -0.05) is 30.3 Å². The first-order valence-corrected chi connectivity index (χ1v) is 5.03. The average Bonchev–Trinajstić information content (AvgIpc) is 2.65. The van der Waals surface area contributed by atoms with Gasteiger partial charge in [0.1, 0.15) is 6.07 Å². The van der Waals surface area contributed by atoms with Gasteiger partial charge < -0.3 is 10.1 Å². The van der Waals surface area contributed by atoms with Gasteiger partial charge in [-0.2, -0.15) is 5.26 Å². The van der Waals surface area contributed by atoms with Crippen molar-refractivity contribution in [1.29, 1.82) is 5.26 Å². The highest BCUT2D eigenvalue weighted by molar-refractivity contribution is 6.04. The van der Waals surface area contributed by atoms with Crippen LogP contribution in [0.3, 0.4) is 0 Å². The first-order chi connectivity index (χ1) is 8.26. The number of hydrogen-bond acceptors (Lipinski definition) is 3. The molecule has 0 bridgehead atoms. The van der Waals surface area contributed by atoms with Gasteiger partial charge in [-0.15, -0.1) is 0 Å². The maximum Gasteiger partial charge on any atom is 0.270 e. The van der Waals surface area contributed by atoms with E-state index >= 15 is 0 Å². The van der Waals surface area contributed by atoms with Crippen LogP contribution in [-0.2, 0) is 9.53 Å². The third kappa shape index (κ3) is 2.04. The molecule has 1 aromatic carbocycles. The van der Waals surface area contributed by atoms with Crippen LogP contribution >= 0.6 is 0 Å². The van der Waals surface area contributed by atoms with Gasteiger partial charge in [0.25, 0.3) is 5.91 Å². The predicted molar refractivity (Wildman–Crippen MR) is 62.2 cm³/mol. The van der Waals surface area contributed by atoms with Crippen molar-refractivity contribution in [2.75, 3.05) is 7.11 Å².